The Morgan fingerprint density at radius 1 is 1.11 bits per heavy atom. The molecule has 0 unspecified atom stereocenters. The van der Waals surface area contributed by atoms with Gasteiger partial charge in [0, 0.05) is 0 Å². The minimum Gasteiger partial charge on any atom is -0.386 e. The number of nitrogens with two attached hydrogens (primary N) is 1. The Bertz CT molecular complexity index is 410. The maximum absolute atomic E-state index is 9.86. The average molecular weight is 259 g/mol. The van der Waals surface area contributed by atoms with Crippen LogP contribution >= 0.6 is 0 Å². The van der Waals surface area contributed by atoms with Gasteiger partial charge in [-0.15, -0.1) is 0 Å². The lowest BCUT2D eigenvalue weighted by Gasteiger charge is -2.17. The molecule has 2 heteroatoms. The smallest absolute Gasteiger partial charge is 0.0840 e. The Hall–Kier alpha value is -1.38. The highest BCUT2D eigenvalue weighted by molar-refractivity contribution is 5.27. The van der Waals surface area contributed by atoms with Crippen LogP contribution in [0.1, 0.15) is 37.8 Å². The molecule has 0 amide bonds. The van der Waals surface area contributed by atoms with Gasteiger partial charge in [-0.1, -0.05) is 48.6 Å². The van der Waals surface area contributed by atoms with Crippen molar-refractivity contribution >= 4 is 0 Å². The summed E-state index contributed by atoms with van der Waals surface area (Å²) in [5.41, 5.74) is 6.85. The second kappa shape index (κ2) is 7.93. The number of hydrogen-bond donors (Lipinski definition) is 2. The Morgan fingerprint density at radius 3 is 2.32 bits per heavy atom. The normalized spacial score (nSPS) is 12.6. The summed E-state index contributed by atoms with van der Waals surface area (Å²) >= 11 is 0. The molecule has 0 aromatic heterocycles. The van der Waals surface area contributed by atoms with E-state index in [4.69, 9.17) is 5.73 Å². The van der Waals surface area contributed by atoms with Gasteiger partial charge in [0.1, 0.15) is 0 Å². The summed E-state index contributed by atoms with van der Waals surface area (Å²) in [5, 5.41) is 9.86. The summed E-state index contributed by atoms with van der Waals surface area (Å²) in [4.78, 5) is 0. The zero-order valence-corrected chi connectivity index (χ0v) is 12.0. The predicted octanol–water partition coefficient (Wildman–Crippen LogP) is 3.31. The molecule has 0 radical (unpaired) electrons. The zero-order chi connectivity index (χ0) is 14.1. The monoisotopic (exact) mass is 259 g/mol. The van der Waals surface area contributed by atoms with Crippen LogP contribution in [0.2, 0.25) is 0 Å². The largest absolute Gasteiger partial charge is 0.386 e. The fraction of sp³-hybridized carbons (Fsp3) is 0.412. The first kappa shape index (κ1) is 15.7. The van der Waals surface area contributed by atoms with Crippen LogP contribution in [-0.4, -0.2) is 11.7 Å². The number of unbranched alkanes of at least 4 members (excludes halogenated alkanes) is 1. The van der Waals surface area contributed by atoms with Crippen molar-refractivity contribution in [3.05, 3.63) is 59.7 Å². The van der Waals surface area contributed by atoms with Crippen molar-refractivity contribution < 1.29 is 5.11 Å². The lowest BCUT2D eigenvalue weighted by molar-refractivity contribution is 0.0786. The van der Waals surface area contributed by atoms with Gasteiger partial charge in [0.05, 0.1) is 5.60 Å². The van der Waals surface area contributed by atoms with E-state index >= 15 is 0 Å². The topological polar surface area (TPSA) is 46.2 Å². The summed E-state index contributed by atoms with van der Waals surface area (Å²) < 4.78 is 0. The van der Waals surface area contributed by atoms with Gasteiger partial charge in [-0.3, -0.25) is 0 Å². The second-order valence-electron chi connectivity index (χ2n) is 5.25. The quantitative estimate of drug-likeness (QED) is 0.583. The molecule has 0 atom stereocenters. The molecule has 3 N–H and O–H groups in total. The van der Waals surface area contributed by atoms with E-state index in [9.17, 15) is 5.11 Å². The van der Waals surface area contributed by atoms with Crippen molar-refractivity contribution in [2.75, 3.05) is 6.54 Å². The lowest BCUT2D eigenvalue weighted by Crippen LogP contribution is -2.15. The third-order valence-corrected chi connectivity index (χ3v) is 2.97. The fourth-order valence-corrected chi connectivity index (χ4v) is 1.74. The maximum Gasteiger partial charge on any atom is 0.0840 e. The highest BCUT2D eigenvalue weighted by Gasteiger charge is 2.14. The third kappa shape index (κ3) is 6.37. The highest BCUT2D eigenvalue weighted by Crippen LogP contribution is 2.19. The van der Waals surface area contributed by atoms with Crippen LogP contribution in [0.15, 0.2) is 48.6 Å². The van der Waals surface area contributed by atoms with Crippen LogP contribution in [0.4, 0.5) is 0 Å². The molecular formula is C17H25NO. The molecule has 1 aromatic carbocycles. The first-order valence-corrected chi connectivity index (χ1v) is 6.87. The Balaban J connectivity index is 2.42. The van der Waals surface area contributed by atoms with Crippen molar-refractivity contribution in [3.63, 3.8) is 0 Å². The molecule has 104 valence electrons. The molecule has 0 fully saturated rings. The van der Waals surface area contributed by atoms with Crippen molar-refractivity contribution in [1.29, 1.82) is 0 Å². The summed E-state index contributed by atoms with van der Waals surface area (Å²) in [5.74, 6) is 0. The van der Waals surface area contributed by atoms with E-state index in [0.29, 0.717) is 0 Å². The minimum atomic E-state index is -0.764. The Morgan fingerprint density at radius 2 is 1.74 bits per heavy atom. The molecule has 0 aliphatic heterocycles. The van der Waals surface area contributed by atoms with E-state index in [1.807, 2.05) is 12.1 Å². The molecule has 0 saturated carbocycles. The van der Waals surface area contributed by atoms with E-state index < -0.39 is 5.60 Å². The number of rotatable bonds is 7. The summed E-state index contributed by atoms with van der Waals surface area (Å²) in [6, 6.07) is 8.10. The molecule has 2 nitrogen and oxygen atoms in total. The second-order valence-corrected chi connectivity index (χ2v) is 5.25. The Kier molecular flexibility index (Phi) is 6.54. The van der Waals surface area contributed by atoms with E-state index in [1.54, 1.807) is 13.8 Å². The van der Waals surface area contributed by atoms with Crippen LogP contribution < -0.4 is 5.73 Å². The van der Waals surface area contributed by atoms with E-state index in [0.717, 1.165) is 31.4 Å². The Labute approximate surface area is 116 Å². The van der Waals surface area contributed by atoms with Gasteiger partial charge in [0.2, 0.25) is 0 Å². The number of benzene rings is 1. The summed E-state index contributed by atoms with van der Waals surface area (Å²) in [6.45, 7) is 4.35. The van der Waals surface area contributed by atoms with Gasteiger partial charge < -0.3 is 10.8 Å². The first-order valence-electron chi connectivity index (χ1n) is 6.87. The van der Waals surface area contributed by atoms with Crippen LogP contribution in [0, 0.1) is 0 Å². The zero-order valence-electron chi connectivity index (χ0n) is 12.0. The molecule has 19 heavy (non-hydrogen) atoms. The van der Waals surface area contributed by atoms with E-state index in [1.165, 1.54) is 5.56 Å². The fourth-order valence-electron chi connectivity index (χ4n) is 1.74. The summed E-state index contributed by atoms with van der Waals surface area (Å²) in [7, 11) is 0. The predicted molar refractivity (Wildman–Crippen MR) is 82.0 cm³/mol. The van der Waals surface area contributed by atoms with Crippen molar-refractivity contribution in [2.45, 2.75) is 38.7 Å². The van der Waals surface area contributed by atoms with Gasteiger partial charge in [-0.2, -0.15) is 0 Å². The van der Waals surface area contributed by atoms with Crippen molar-refractivity contribution in [3.8, 4) is 0 Å². The SMILES string of the molecule is CC(C)(O)c1ccc(C/C=C\C=C/CCCN)cc1. The number of hydrogen-bond acceptors (Lipinski definition) is 2. The lowest BCUT2D eigenvalue weighted by atomic mass is 9.97. The van der Waals surface area contributed by atoms with Crippen LogP contribution in [0.3, 0.4) is 0 Å². The molecule has 0 aliphatic carbocycles. The van der Waals surface area contributed by atoms with Gasteiger partial charge in [-0.25, -0.2) is 0 Å². The number of allylic oxidation sites excluding steroid dienone is 4. The van der Waals surface area contributed by atoms with Crippen molar-refractivity contribution in [2.24, 2.45) is 5.73 Å². The molecule has 0 heterocycles. The molecule has 1 aromatic rings. The first-order chi connectivity index (χ1) is 9.04. The van der Waals surface area contributed by atoms with Crippen LogP contribution in [-0.2, 0) is 12.0 Å². The standard InChI is InChI=1S/C17H25NO/c1-17(2,19)16-12-10-15(11-13-16)9-7-5-3-4-6-8-14-18/h3-5,7,10-13,19H,6,8-9,14,18H2,1-2H3/b4-3-,7-5-. The number of aliphatic hydroxyl groups is 1. The summed E-state index contributed by atoms with van der Waals surface area (Å²) in [6.07, 6.45) is 11.4. The van der Waals surface area contributed by atoms with E-state index in [2.05, 4.69) is 36.4 Å². The van der Waals surface area contributed by atoms with Gasteiger partial charge in [0.15, 0.2) is 0 Å². The molecule has 0 saturated heterocycles. The highest BCUT2D eigenvalue weighted by atomic mass is 16.3. The van der Waals surface area contributed by atoms with Gasteiger partial charge >= 0.3 is 0 Å². The van der Waals surface area contributed by atoms with Crippen LogP contribution in [0.5, 0.6) is 0 Å². The molecular weight excluding hydrogens is 234 g/mol. The molecule has 1 rings (SSSR count). The molecule has 0 bridgehead atoms. The maximum atomic E-state index is 9.86. The molecule has 0 aliphatic rings. The van der Waals surface area contributed by atoms with Gasteiger partial charge in [-0.05, 0) is 50.8 Å². The third-order valence-electron chi connectivity index (χ3n) is 2.97. The van der Waals surface area contributed by atoms with Crippen LogP contribution in [0.25, 0.3) is 0 Å². The minimum absolute atomic E-state index is 0.752. The van der Waals surface area contributed by atoms with Crippen molar-refractivity contribution in [1.82, 2.24) is 0 Å². The van der Waals surface area contributed by atoms with E-state index in [-0.39, 0.29) is 0 Å². The molecule has 0 spiro atoms. The average Bonchev–Trinajstić information content (AvgIpc) is 2.37. The van der Waals surface area contributed by atoms with Gasteiger partial charge in [0.25, 0.3) is 0 Å².